The van der Waals surface area contributed by atoms with E-state index in [2.05, 4.69) is 26.6 Å². The molecule has 1 radical (unpaired) electrons. The van der Waals surface area contributed by atoms with Crippen LogP contribution in [0.2, 0.25) is 0 Å². The van der Waals surface area contributed by atoms with E-state index >= 15 is 0 Å². The molecule has 0 aromatic heterocycles. The van der Waals surface area contributed by atoms with E-state index in [9.17, 15) is 0 Å². The summed E-state index contributed by atoms with van der Waals surface area (Å²) in [7, 11) is 0. The molecule has 0 aromatic rings. The molecule has 0 spiro atoms. The predicted molar refractivity (Wildman–Crippen MR) is 22.4 cm³/mol. The monoisotopic (exact) mass is 197 g/mol. The van der Waals surface area contributed by atoms with Gasteiger partial charge in [0, 0.05) is 17.1 Å². The molecule has 59 valence electrons. The van der Waals surface area contributed by atoms with Crippen LogP contribution in [0.25, 0.3) is 5.59 Å². The third-order valence-corrected chi connectivity index (χ3v) is 0. The molecule has 0 aliphatic carbocycles. The first-order valence-corrected chi connectivity index (χ1v) is 0.999. The van der Waals surface area contributed by atoms with Crippen molar-refractivity contribution in [2.24, 2.45) is 0 Å². The molecule has 0 N–H and O–H groups in total. The summed E-state index contributed by atoms with van der Waals surface area (Å²) < 4.78 is 30.0. The summed E-state index contributed by atoms with van der Waals surface area (Å²) in [5, 5.41) is 0. The van der Waals surface area contributed by atoms with Gasteiger partial charge in [-0.25, -0.2) is 0 Å². The third kappa shape index (κ3) is 537. The summed E-state index contributed by atoms with van der Waals surface area (Å²) in [4.78, 5) is 7.25. The first-order valence-electron chi connectivity index (χ1n) is 0.999. The second kappa shape index (κ2) is 699. The second-order valence-corrected chi connectivity index (χ2v) is 0. The van der Waals surface area contributed by atoms with Crippen molar-refractivity contribution in [3.05, 3.63) is 37.1 Å². The summed E-state index contributed by atoms with van der Waals surface area (Å²) in [6, 6.07) is 0. The molecular weight excluding hydrogens is 197 g/mol. The van der Waals surface area contributed by atoms with E-state index in [1.165, 1.54) is 0 Å². The Balaban J connectivity index is -0.00000000694. The molecule has 0 atom stereocenters. The Kier molecular flexibility index (Phi) is 3170. The van der Waals surface area contributed by atoms with E-state index in [4.69, 9.17) is 29.1 Å². The molecule has 0 aliphatic heterocycles. The minimum absolute atomic E-state index is 0. The Bertz CT molecular complexity index is 71.6. The van der Waals surface area contributed by atoms with Crippen LogP contribution in [0.5, 0.6) is 0 Å². The average molecular weight is 197 g/mol. The molecule has 0 unspecified atom stereocenters. The van der Waals surface area contributed by atoms with Crippen LogP contribution in [0.3, 0.4) is 0 Å². The third-order valence-electron chi connectivity index (χ3n) is 0. The van der Waals surface area contributed by atoms with E-state index in [0.29, 0.717) is 0 Å². The zero-order valence-electron chi connectivity index (χ0n) is 4.87. The number of rotatable bonds is 0. The van der Waals surface area contributed by atoms with Gasteiger partial charge in [0.1, 0.15) is 0 Å². The Hall–Kier alpha value is -0.921. The molecule has 11 heavy (non-hydrogen) atoms. The normalized spacial score (nSPS) is 1.09. The maximum absolute atomic E-state index is 7.50. The van der Waals surface area contributed by atoms with Crippen molar-refractivity contribution in [2.75, 3.05) is 0 Å². The quantitative estimate of drug-likeness (QED) is 0.307. The predicted octanol–water partition coefficient (Wildman–Crippen LogP) is 0.170. The maximum atomic E-state index is 7.50. The molecule has 0 bridgehead atoms. The second-order valence-electron chi connectivity index (χ2n) is 0. The van der Waals surface area contributed by atoms with Crippen LogP contribution < -0.4 is 0 Å². The molecule has 0 aliphatic rings. The molecule has 0 aromatic carbocycles. The summed E-state index contributed by atoms with van der Waals surface area (Å²) in [6.45, 7) is 18.0. The maximum Gasteiger partial charge on any atom is 0 e. The van der Waals surface area contributed by atoms with Gasteiger partial charge in [-0.1, -0.05) is 0 Å². The van der Waals surface area contributed by atoms with E-state index in [-0.39, 0.29) is 17.1 Å². The van der Waals surface area contributed by atoms with Gasteiger partial charge in [0.05, 0.1) is 0 Å². The van der Waals surface area contributed by atoms with Gasteiger partial charge in [0.25, 0.3) is 0 Å². The molecular formula is C4MnNO5-. The van der Waals surface area contributed by atoms with Crippen LogP contribution in [0.1, 0.15) is 0 Å². The average Bonchev–Trinajstić information content (AvgIpc) is 2.20. The molecule has 0 amide bonds. The standard InChI is InChI=1S/4CO.Mn.NO/c4*1-2;;1-2/q;;;;;-1. The largest absolute Gasteiger partial charge is 0.577 e. The first-order chi connectivity index (χ1) is 5.00. The van der Waals surface area contributed by atoms with Crippen LogP contribution in [0, 0.1) is 31.5 Å². The number of nitrogens with zero attached hydrogens (tertiary/aromatic N) is 1. The van der Waals surface area contributed by atoms with Crippen molar-refractivity contribution in [3.63, 3.8) is 0 Å². The van der Waals surface area contributed by atoms with Crippen molar-refractivity contribution in [1.82, 2.24) is 0 Å². The summed E-state index contributed by atoms with van der Waals surface area (Å²) in [6.07, 6.45) is 0. The zero-order chi connectivity index (χ0) is 10.0. The molecule has 0 rings (SSSR count). The first kappa shape index (κ1) is 49.9. The molecule has 6 nitrogen and oxygen atoms in total. The summed E-state index contributed by atoms with van der Waals surface area (Å²) in [5.74, 6) is 0. The minimum atomic E-state index is 0. The van der Waals surface area contributed by atoms with Crippen LogP contribution in [0.4, 0.5) is 0 Å². The van der Waals surface area contributed by atoms with Gasteiger partial charge in [-0.3, -0.25) is 0 Å². The van der Waals surface area contributed by atoms with Crippen molar-refractivity contribution < 1.29 is 35.7 Å². The van der Waals surface area contributed by atoms with Gasteiger partial charge in [-0.05, 0) is 0 Å². The number of hydrogen-bond donors (Lipinski definition) is 0. The van der Waals surface area contributed by atoms with E-state index in [1.54, 1.807) is 0 Å². The van der Waals surface area contributed by atoms with E-state index in [1.807, 2.05) is 0 Å². The zero-order valence-corrected chi connectivity index (χ0v) is 6.05. The summed E-state index contributed by atoms with van der Waals surface area (Å²) >= 11 is 0. The van der Waals surface area contributed by atoms with Gasteiger partial charge in [0.2, 0.25) is 0 Å². The van der Waals surface area contributed by atoms with Crippen molar-refractivity contribution in [1.29, 1.82) is 0 Å². The fourth-order valence-corrected chi connectivity index (χ4v) is 0. The van der Waals surface area contributed by atoms with Crippen LogP contribution in [0.15, 0.2) is 0 Å². The van der Waals surface area contributed by atoms with Gasteiger partial charge in [0.15, 0.2) is 0 Å². The van der Waals surface area contributed by atoms with Crippen LogP contribution >= 0.6 is 0 Å². The van der Waals surface area contributed by atoms with E-state index < -0.39 is 0 Å². The Labute approximate surface area is 73.5 Å². The number of hydrogen-bond acceptors (Lipinski definition) is 1. The SMILES string of the molecule is [C-]#[O+].[C-]#[O+].[C-]#[O+].[C-]#[O+].[Mn].[N-]=O. The molecule has 0 fully saturated rings. The smallest absolute Gasteiger partial charge is 0 e. The Morgan fingerprint density at radius 1 is 0.636 bits per heavy atom. The molecule has 0 saturated heterocycles. The fourth-order valence-electron chi connectivity index (χ4n) is 0. The van der Waals surface area contributed by atoms with Gasteiger partial charge in [-0.15, -0.1) is 0 Å². The van der Waals surface area contributed by atoms with Gasteiger partial charge < -0.3 is 10.5 Å². The Morgan fingerprint density at radius 3 is 0.636 bits per heavy atom. The van der Waals surface area contributed by atoms with Gasteiger partial charge >= 0.3 is 45.2 Å². The summed E-state index contributed by atoms with van der Waals surface area (Å²) in [5.41, 5.74) is 5.75. The fraction of sp³-hybridized carbons (Fsp3) is 0. The topological polar surface area (TPSA) is 119 Å². The van der Waals surface area contributed by atoms with Crippen molar-refractivity contribution in [2.45, 2.75) is 0 Å². The minimum Gasteiger partial charge on any atom is -0.577 e. The molecule has 0 heterocycles. The van der Waals surface area contributed by atoms with Crippen molar-refractivity contribution >= 4 is 0 Å². The Morgan fingerprint density at radius 2 is 0.636 bits per heavy atom. The number of nitroso groups, excluding NO2 is 1. The van der Waals surface area contributed by atoms with Crippen LogP contribution in [-0.2, 0) is 35.7 Å². The van der Waals surface area contributed by atoms with Crippen LogP contribution in [-0.4, -0.2) is 0 Å². The molecule has 0 saturated carbocycles. The molecule has 7 heteroatoms. The van der Waals surface area contributed by atoms with Gasteiger partial charge in [-0.2, -0.15) is 0 Å². The van der Waals surface area contributed by atoms with Crippen molar-refractivity contribution in [3.8, 4) is 0 Å². The van der Waals surface area contributed by atoms with E-state index in [0.717, 1.165) is 0 Å².